The van der Waals surface area contributed by atoms with Crippen LogP contribution in [-0.4, -0.2) is 29.1 Å². The van der Waals surface area contributed by atoms with Gasteiger partial charge in [-0.05, 0) is 28.3 Å². The molecule has 3 aromatic heterocycles. The van der Waals surface area contributed by atoms with Gasteiger partial charge in [-0.3, -0.25) is 4.57 Å². The minimum atomic E-state index is -0.160. The van der Waals surface area contributed by atoms with Gasteiger partial charge in [0.1, 0.15) is 11.8 Å². The van der Waals surface area contributed by atoms with Crippen molar-refractivity contribution in [3.63, 3.8) is 0 Å². The molecule has 100 valence electrons. The van der Waals surface area contributed by atoms with Crippen LogP contribution in [0.25, 0.3) is 16.8 Å². The number of hydrogen-bond donors (Lipinski definition) is 1. The van der Waals surface area contributed by atoms with Crippen molar-refractivity contribution in [1.82, 2.24) is 29.1 Å². The summed E-state index contributed by atoms with van der Waals surface area (Å²) in [6, 6.07) is 0. The van der Waals surface area contributed by atoms with E-state index in [1.807, 2.05) is 0 Å². The van der Waals surface area contributed by atoms with E-state index in [0.29, 0.717) is 34.0 Å². The lowest BCUT2D eigenvalue weighted by Gasteiger charge is -2.09. The smallest absolute Gasteiger partial charge is 0.328 e. The van der Waals surface area contributed by atoms with E-state index >= 15 is 0 Å². The van der Waals surface area contributed by atoms with Crippen molar-refractivity contribution in [1.29, 1.82) is 0 Å². The van der Waals surface area contributed by atoms with Crippen molar-refractivity contribution >= 4 is 32.7 Å². The Kier molecular flexibility index (Phi) is 2.89. The summed E-state index contributed by atoms with van der Waals surface area (Å²) in [5.41, 5.74) is 1.66. The Morgan fingerprint density at radius 1 is 1.42 bits per heavy atom. The second-order valence-corrected chi connectivity index (χ2v) is 5.62. The molecule has 0 radical (unpaired) electrons. The summed E-state index contributed by atoms with van der Waals surface area (Å²) >= 11 is 3.30. The van der Waals surface area contributed by atoms with E-state index in [2.05, 4.69) is 49.9 Å². The summed E-state index contributed by atoms with van der Waals surface area (Å²) < 4.78 is 3.68. The number of aryl methyl sites for hydroxylation is 1. The monoisotopic (exact) mass is 324 g/mol. The van der Waals surface area contributed by atoms with Crippen molar-refractivity contribution < 1.29 is 0 Å². The topological polar surface area (TPSA) is 80.9 Å². The molecule has 1 N–H and O–H groups in total. The third-order valence-corrected chi connectivity index (χ3v) is 3.43. The van der Waals surface area contributed by atoms with Crippen LogP contribution in [0.4, 0.5) is 0 Å². The van der Waals surface area contributed by atoms with Gasteiger partial charge in [-0.25, -0.2) is 14.2 Å². The summed E-state index contributed by atoms with van der Waals surface area (Å²) in [4.78, 5) is 19.8. The first-order chi connectivity index (χ1) is 9.08. The fourth-order valence-electron chi connectivity index (χ4n) is 2.04. The van der Waals surface area contributed by atoms with E-state index in [1.165, 1.54) is 10.7 Å². The molecule has 7 nitrogen and oxygen atoms in total. The molecule has 0 saturated heterocycles. The summed E-state index contributed by atoms with van der Waals surface area (Å²) in [6.07, 6.45) is 2.34. The number of fused-ring (bicyclic) bond motifs is 3. The maximum Gasteiger partial charge on any atom is 0.336 e. The molecule has 0 aliphatic rings. The van der Waals surface area contributed by atoms with Crippen LogP contribution in [0.2, 0.25) is 0 Å². The van der Waals surface area contributed by atoms with Crippen LogP contribution >= 0.6 is 15.9 Å². The molecule has 0 amide bonds. The average Bonchev–Trinajstić information content (AvgIpc) is 2.94. The molecule has 0 saturated carbocycles. The van der Waals surface area contributed by atoms with Crippen LogP contribution in [0.1, 0.15) is 20.3 Å². The number of hydrogen-bond acceptors (Lipinski definition) is 4. The van der Waals surface area contributed by atoms with Gasteiger partial charge in [0.25, 0.3) is 0 Å². The number of aromatic amines is 1. The molecule has 0 atom stereocenters. The number of nitrogens with zero attached hydrogens (tertiary/aromatic N) is 5. The third-order valence-electron chi connectivity index (χ3n) is 3.05. The zero-order valence-corrected chi connectivity index (χ0v) is 12.2. The van der Waals surface area contributed by atoms with Gasteiger partial charge < -0.3 is 4.98 Å². The highest BCUT2D eigenvalue weighted by atomic mass is 79.9. The summed E-state index contributed by atoms with van der Waals surface area (Å²) in [5.74, 6) is 0.515. The Labute approximate surface area is 116 Å². The van der Waals surface area contributed by atoms with Crippen LogP contribution in [-0.2, 0) is 6.54 Å². The Hall–Kier alpha value is -1.70. The largest absolute Gasteiger partial charge is 0.336 e. The first-order valence-electron chi connectivity index (χ1n) is 6.05. The first-order valence-corrected chi connectivity index (χ1v) is 6.85. The van der Waals surface area contributed by atoms with Gasteiger partial charge in [0.15, 0.2) is 16.0 Å². The lowest BCUT2D eigenvalue weighted by atomic mass is 10.1. The molecule has 0 aromatic carbocycles. The van der Waals surface area contributed by atoms with Gasteiger partial charge in [0, 0.05) is 6.54 Å². The van der Waals surface area contributed by atoms with Gasteiger partial charge in [0.2, 0.25) is 0 Å². The Morgan fingerprint density at radius 2 is 2.21 bits per heavy atom. The Bertz CT molecular complexity index is 799. The molecule has 0 aliphatic carbocycles. The zero-order chi connectivity index (χ0) is 13.6. The van der Waals surface area contributed by atoms with Crippen molar-refractivity contribution in [2.24, 2.45) is 5.92 Å². The number of halogens is 1. The number of rotatable bonds is 3. The Balaban J connectivity index is 2.32. The van der Waals surface area contributed by atoms with Crippen molar-refractivity contribution in [2.75, 3.05) is 0 Å². The van der Waals surface area contributed by atoms with E-state index in [0.717, 1.165) is 6.42 Å². The second kappa shape index (κ2) is 4.44. The molecular weight excluding hydrogens is 312 g/mol. The number of imidazole rings is 1. The van der Waals surface area contributed by atoms with E-state index in [-0.39, 0.29) is 5.69 Å². The first kappa shape index (κ1) is 12.3. The van der Waals surface area contributed by atoms with E-state index in [4.69, 9.17) is 0 Å². The minimum absolute atomic E-state index is 0.160. The second-order valence-electron chi connectivity index (χ2n) is 4.87. The summed E-state index contributed by atoms with van der Waals surface area (Å²) in [6.45, 7) is 4.87. The van der Waals surface area contributed by atoms with Gasteiger partial charge in [0.05, 0.1) is 0 Å². The minimum Gasteiger partial charge on any atom is -0.328 e. The van der Waals surface area contributed by atoms with E-state index < -0.39 is 0 Å². The molecular formula is C11H13BrN6O. The van der Waals surface area contributed by atoms with Gasteiger partial charge in [-0.2, -0.15) is 0 Å². The van der Waals surface area contributed by atoms with Crippen LogP contribution in [0.15, 0.2) is 15.9 Å². The van der Waals surface area contributed by atoms with Crippen molar-refractivity contribution in [3.8, 4) is 0 Å². The predicted molar refractivity (Wildman–Crippen MR) is 74.1 cm³/mol. The van der Waals surface area contributed by atoms with Crippen LogP contribution in [0, 0.1) is 5.92 Å². The third kappa shape index (κ3) is 1.95. The highest BCUT2D eigenvalue weighted by molar-refractivity contribution is 9.10. The summed E-state index contributed by atoms with van der Waals surface area (Å²) in [7, 11) is 0. The average molecular weight is 325 g/mol. The molecule has 0 fully saturated rings. The molecule has 3 heterocycles. The molecule has 3 rings (SSSR count). The SMILES string of the molecule is CC(C)CCn1c(=O)n2cnnc2c2[nH]c(Br)nc21. The lowest BCUT2D eigenvalue weighted by molar-refractivity contribution is 0.508. The van der Waals surface area contributed by atoms with Crippen molar-refractivity contribution in [3.05, 3.63) is 21.5 Å². The molecule has 19 heavy (non-hydrogen) atoms. The van der Waals surface area contributed by atoms with Crippen molar-refractivity contribution in [2.45, 2.75) is 26.8 Å². The lowest BCUT2D eigenvalue weighted by Crippen LogP contribution is -2.27. The standard InChI is InChI=1S/C11H13BrN6O/c1-6(2)3-4-17-8-7(14-10(12)15-8)9-16-13-5-18(9)11(17)19/h5-6H,3-4H2,1-2H3,(H,14,15). The van der Waals surface area contributed by atoms with Gasteiger partial charge in [-0.1, -0.05) is 13.8 Å². The van der Waals surface area contributed by atoms with E-state index in [9.17, 15) is 4.79 Å². The van der Waals surface area contributed by atoms with Gasteiger partial charge >= 0.3 is 5.69 Å². The summed E-state index contributed by atoms with van der Waals surface area (Å²) in [5, 5.41) is 7.76. The Morgan fingerprint density at radius 3 is 2.95 bits per heavy atom. The quantitative estimate of drug-likeness (QED) is 0.741. The van der Waals surface area contributed by atoms with Crippen LogP contribution in [0.3, 0.4) is 0 Å². The molecule has 0 spiro atoms. The normalized spacial score (nSPS) is 12.0. The fraction of sp³-hybridized carbons (Fsp3) is 0.455. The maximum atomic E-state index is 12.4. The van der Waals surface area contributed by atoms with E-state index in [1.54, 1.807) is 4.57 Å². The fourth-order valence-corrected chi connectivity index (χ4v) is 2.41. The zero-order valence-electron chi connectivity index (χ0n) is 10.6. The molecule has 3 aromatic rings. The number of H-pyrrole nitrogens is 1. The molecule has 0 bridgehead atoms. The molecule has 0 unspecified atom stereocenters. The predicted octanol–water partition coefficient (Wildman–Crippen LogP) is 1.58. The maximum absolute atomic E-state index is 12.4. The number of aromatic nitrogens is 6. The van der Waals surface area contributed by atoms with Crippen LogP contribution < -0.4 is 5.69 Å². The highest BCUT2D eigenvalue weighted by Gasteiger charge is 2.15. The van der Waals surface area contributed by atoms with Gasteiger partial charge in [-0.15, -0.1) is 10.2 Å². The number of nitrogens with one attached hydrogen (secondary N) is 1. The molecule has 0 aliphatic heterocycles. The van der Waals surface area contributed by atoms with Crippen LogP contribution in [0.5, 0.6) is 0 Å². The highest BCUT2D eigenvalue weighted by Crippen LogP contribution is 2.17. The molecule has 8 heteroatoms.